The highest BCUT2D eigenvalue weighted by Gasteiger charge is 2.23. The van der Waals surface area contributed by atoms with E-state index in [1.54, 1.807) is 6.07 Å². The minimum absolute atomic E-state index is 0.422. The van der Waals surface area contributed by atoms with E-state index < -0.39 is 0 Å². The molecule has 0 spiro atoms. The largest absolute Gasteiger partial charge is 0.438 e. The van der Waals surface area contributed by atoms with Crippen LogP contribution in [-0.4, -0.2) is 18.9 Å². The predicted molar refractivity (Wildman–Crippen MR) is 59.4 cm³/mol. The molecule has 0 aliphatic carbocycles. The number of hydrogen-bond donors (Lipinski definition) is 0. The van der Waals surface area contributed by atoms with E-state index in [0.717, 1.165) is 25.1 Å². The summed E-state index contributed by atoms with van der Waals surface area (Å²) in [7, 11) is 0. The van der Waals surface area contributed by atoms with E-state index in [2.05, 4.69) is 11.8 Å². The number of rotatable bonds is 3. The number of carbonyl (C=O) groups is 1. The molecule has 0 aromatic carbocycles. The quantitative estimate of drug-likeness (QED) is 0.714. The first-order valence-electron chi connectivity index (χ1n) is 5.66. The van der Waals surface area contributed by atoms with Gasteiger partial charge in [-0.2, -0.15) is 0 Å². The fourth-order valence-corrected chi connectivity index (χ4v) is 2.28. The molecule has 0 saturated carbocycles. The maximum Gasteiger partial charge on any atom is 0.196 e. The molecule has 3 nitrogen and oxygen atoms in total. The van der Waals surface area contributed by atoms with Crippen LogP contribution in [0.25, 0.3) is 0 Å². The molecule has 1 unspecified atom stereocenters. The van der Waals surface area contributed by atoms with Gasteiger partial charge in [-0.1, -0.05) is 6.92 Å². The Morgan fingerprint density at radius 2 is 2.40 bits per heavy atom. The molecular weight excluding hydrogens is 190 g/mol. The molecule has 2 heterocycles. The Labute approximate surface area is 90.1 Å². The SMILES string of the molecule is CCC1CCCCN1c1ccc(C=O)o1. The Hall–Kier alpha value is -1.25. The van der Waals surface area contributed by atoms with Crippen molar-refractivity contribution in [3.8, 4) is 0 Å². The first kappa shape index (κ1) is 10.3. The number of nitrogens with zero attached hydrogens (tertiary/aromatic N) is 1. The van der Waals surface area contributed by atoms with E-state index in [0.29, 0.717) is 11.8 Å². The Bertz CT molecular complexity index is 332. The topological polar surface area (TPSA) is 33.5 Å². The Kier molecular flexibility index (Phi) is 3.09. The number of furan rings is 1. The van der Waals surface area contributed by atoms with Gasteiger partial charge in [0.15, 0.2) is 17.9 Å². The molecule has 1 fully saturated rings. The van der Waals surface area contributed by atoms with Gasteiger partial charge in [0.05, 0.1) is 0 Å². The molecule has 1 aromatic heterocycles. The summed E-state index contributed by atoms with van der Waals surface area (Å²) in [4.78, 5) is 12.8. The van der Waals surface area contributed by atoms with Gasteiger partial charge in [-0.25, -0.2) is 0 Å². The van der Waals surface area contributed by atoms with Crippen LogP contribution in [0.4, 0.5) is 5.88 Å². The summed E-state index contributed by atoms with van der Waals surface area (Å²) in [6.45, 7) is 3.25. The zero-order chi connectivity index (χ0) is 10.7. The molecule has 0 N–H and O–H groups in total. The second-order valence-electron chi connectivity index (χ2n) is 4.05. The van der Waals surface area contributed by atoms with Crippen molar-refractivity contribution >= 4 is 12.2 Å². The molecule has 1 saturated heterocycles. The number of piperidine rings is 1. The van der Waals surface area contributed by atoms with Crippen molar-refractivity contribution in [2.45, 2.75) is 38.6 Å². The fraction of sp³-hybridized carbons (Fsp3) is 0.583. The molecule has 1 aliphatic rings. The third kappa shape index (κ3) is 2.06. The molecule has 3 heteroatoms. The van der Waals surface area contributed by atoms with Gasteiger partial charge in [0, 0.05) is 18.7 Å². The lowest BCUT2D eigenvalue weighted by Crippen LogP contribution is -2.38. The molecule has 0 bridgehead atoms. The highest BCUT2D eigenvalue weighted by molar-refractivity contribution is 5.71. The van der Waals surface area contributed by atoms with Crippen molar-refractivity contribution in [2.24, 2.45) is 0 Å². The van der Waals surface area contributed by atoms with Crippen molar-refractivity contribution in [1.29, 1.82) is 0 Å². The van der Waals surface area contributed by atoms with Crippen molar-refractivity contribution in [3.05, 3.63) is 17.9 Å². The highest BCUT2D eigenvalue weighted by Crippen LogP contribution is 2.27. The normalized spacial score (nSPS) is 21.7. The van der Waals surface area contributed by atoms with Gasteiger partial charge in [-0.15, -0.1) is 0 Å². The maximum absolute atomic E-state index is 10.5. The van der Waals surface area contributed by atoms with E-state index in [4.69, 9.17) is 4.42 Å². The monoisotopic (exact) mass is 207 g/mol. The van der Waals surface area contributed by atoms with Gasteiger partial charge in [0.2, 0.25) is 0 Å². The minimum Gasteiger partial charge on any atom is -0.438 e. The predicted octanol–water partition coefficient (Wildman–Crippen LogP) is 2.86. The van der Waals surface area contributed by atoms with E-state index >= 15 is 0 Å². The zero-order valence-corrected chi connectivity index (χ0v) is 9.11. The van der Waals surface area contributed by atoms with Crippen LogP contribution < -0.4 is 4.90 Å². The van der Waals surface area contributed by atoms with Crippen LogP contribution in [0.3, 0.4) is 0 Å². The summed E-state index contributed by atoms with van der Waals surface area (Å²) in [6.07, 6.45) is 5.64. The van der Waals surface area contributed by atoms with Crippen LogP contribution in [-0.2, 0) is 0 Å². The van der Waals surface area contributed by atoms with Crippen molar-refractivity contribution < 1.29 is 9.21 Å². The lowest BCUT2D eigenvalue weighted by atomic mass is 10.0. The summed E-state index contributed by atoms with van der Waals surface area (Å²) in [5.41, 5.74) is 0. The molecule has 1 aliphatic heterocycles. The summed E-state index contributed by atoms with van der Waals surface area (Å²) in [5, 5.41) is 0. The molecule has 2 rings (SSSR count). The van der Waals surface area contributed by atoms with E-state index in [1.807, 2.05) is 6.07 Å². The fourth-order valence-electron chi connectivity index (χ4n) is 2.28. The molecule has 1 atom stereocenters. The second-order valence-corrected chi connectivity index (χ2v) is 4.05. The van der Waals surface area contributed by atoms with Gasteiger partial charge in [0.1, 0.15) is 0 Å². The van der Waals surface area contributed by atoms with Gasteiger partial charge in [-0.05, 0) is 31.7 Å². The van der Waals surface area contributed by atoms with Crippen LogP contribution in [0.15, 0.2) is 16.5 Å². The van der Waals surface area contributed by atoms with Gasteiger partial charge in [0.25, 0.3) is 0 Å². The van der Waals surface area contributed by atoms with Crippen molar-refractivity contribution in [2.75, 3.05) is 11.4 Å². The number of hydrogen-bond acceptors (Lipinski definition) is 3. The molecular formula is C12H17NO2. The van der Waals surface area contributed by atoms with Crippen LogP contribution in [0.1, 0.15) is 43.2 Å². The first-order valence-corrected chi connectivity index (χ1v) is 5.66. The molecule has 15 heavy (non-hydrogen) atoms. The van der Waals surface area contributed by atoms with E-state index in [1.165, 1.54) is 19.3 Å². The standard InChI is InChI=1S/C12H17NO2/c1-2-10-5-3-4-8-13(10)12-7-6-11(9-14)15-12/h6-7,9-10H,2-5,8H2,1H3. The molecule has 82 valence electrons. The van der Waals surface area contributed by atoms with E-state index in [9.17, 15) is 4.79 Å². The van der Waals surface area contributed by atoms with Crippen LogP contribution >= 0.6 is 0 Å². The average Bonchev–Trinajstić information content (AvgIpc) is 2.77. The Morgan fingerprint density at radius 3 is 3.07 bits per heavy atom. The minimum atomic E-state index is 0.422. The smallest absolute Gasteiger partial charge is 0.196 e. The van der Waals surface area contributed by atoms with Gasteiger partial charge in [-0.3, -0.25) is 4.79 Å². The highest BCUT2D eigenvalue weighted by atomic mass is 16.4. The number of anilines is 1. The first-order chi connectivity index (χ1) is 7.35. The zero-order valence-electron chi connectivity index (χ0n) is 9.11. The Morgan fingerprint density at radius 1 is 1.53 bits per heavy atom. The lowest BCUT2D eigenvalue weighted by Gasteiger charge is -2.34. The van der Waals surface area contributed by atoms with Crippen molar-refractivity contribution in [3.63, 3.8) is 0 Å². The molecule has 0 amide bonds. The third-order valence-corrected chi connectivity index (χ3v) is 3.11. The van der Waals surface area contributed by atoms with Gasteiger partial charge >= 0.3 is 0 Å². The molecule has 0 radical (unpaired) electrons. The summed E-state index contributed by atoms with van der Waals surface area (Å²) < 4.78 is 5.46. The van der Waals surface area contributed by atoms with E-state index in [-0.39, 0.29) is 0 Å². The number of carbonyl (C=O) groups excluding carboxylic acids is 1. The number of aldehydes is 1. The summed E-state index contributed by atoms with van der Waals surface area (Å²) in [6, 6.07) is 4.21. The summed E-state index contributed by atoms with van der Waals surface area (Å²) in [5.74, 6) is 1.27. The van der Waals surface area contributed by atoms with Gasteiger partial charge < -0.3 is 9.32 Å². The van der Waals surface area contributed by atoms with Crippen molar-refractivity contribution in [1.82, 2.24) is 0 Å². The third-order valence-electron chi connectivity index (χ3n) is 3.11. The summed E-state index contributed by atoms with van der Waals surface area (Å²) >= 11 is 0. The van der Waals surface area contributed by atoms with Crippen LogP contribution in [0.2, 0.25) is 0 Å². The van der Waals surface area contributed by atoms with Crippen LogP contribution in [0, 0.1) is 0 Å². The second kappa shape index (κ2) is 4.51. The lowest BCUT2D eigenvalue weighted by molar-refractivity contribution is 0.110. The Balaban J connectivity index is 2.16. The maximum atomic E-state index is 10.5. The van der Waals surface area contributed by atoms with Crippen LogP contribution in [0.5, 0.6) is 0 Å². The molecule has 1 aromatic rings. The average molecular weight is 207 g/mol.